The van der Waals surface area contributed by atoms with E-state index in [-0.39, 0.29) is 17.5 Å². The monoisotopic (exact) mass is 400 g/mol. The maximum Gasteiger partial charge on any atom is 0.255 e. The number of amides is 1. The molecule has 152 valence electrons. The Morgan fingerprint density at radius 3 is 2.86 bits per heavy atom. The third kappa shape index (κ3) is 4.52. The summed E-state index contributed by atoms with van der Waals surface area (Å²) in [5, 5.41) is 2.94. The minimum atomic E-state index is -0.846. The fourth-order valence-electron chi connectivity index (χ4n) is 3.73. The van der Waals surface area contributed by atoms with Crippen LogP contribution in [0.5, 0.6) is 11.6 Å². The molecule has 0 radical (unpaired) electrons. The van der Waals surface area contributed by atoms with Crippen LogP contribution in [0.3, 0.4) is 0 Å². The minimum Gasteiger partial charge on any atom is -0.434 e. The highest BCUT2D eigenvalue weighted by atomic mass is 19.1. The Bertz CT molecular complexity index is 1020. The van der Waals surface area contributed by atoms with E-state index in [9.17, 15) is 13.6 Å². The number of carbonyl (C=O) groups excluding carboxylic acids is 1. The molecule has 29 heavy (non-hydrogen) atoms. The second kappa shape index (κ2) is 8.55. The summed E-state index contributed by atoms with van der Waals surface area (Å²) in [6, 6.07) is 2.99. The predicted molar refractivity (Wildman–Crippen MR) is 104 cm³/mol. The summed E-state index contributed by atoms with van der Waals surface area (Å²) in [6.07, 6.45) is 10.1. The smallest absolute Gasteiger partial charge is 0.255 e. The molecule has 4 rings (SSSR count). The third-order valence-electron chi connectivity index (χ3n) is 5.27. The number of carbonyl (C=O) groups is 1. The van der Waals surface area contributed by atoms with Crippen LogP contribution in [-0.2, 0) is 0 Å². The number of rotatable bonds is 6. The number of nitrogens with one attached hydrogen (secondary N) is 2. The predicted octanol–water partition coefficient (Wildman–Crippen LogP) is 4.73. The number of ether oxygens (including phenoxy) is 1. The van der Waals surface area contributed by atoms with Crippen molar-refractivity contribution in [3.8, 4) is 11.6 Å². The summed E-state index contributed by atoms with van der Waals surface area (Å²) >= 11 is 0. The van der Waals surface area contributed by atoms with Crippen LogP contribution >= 0.6 is 0 Å². The molecular formula is C21H22F2N4O2. The first kappa shape index (κ1) is 19.3. The van der Waals surface area contributed by atoms with Gasteiger partial charge in [0.25, 0.3) is 5.91 Å². The van der Waals surface area contributed by atoms with Crippen LogP contribution in [0.15, 0.2) is 30.6 Å². The molecular weight excluding hydrogens is 378 g/mol. The normalized spacial score (nSPS) is 14.8. The zero-order valence-corrected chi connectivity index (χ0v) is 15.9. The van der Waals surface area contributed by atoms with Gasteiger partial charge >= 0.3 is 0 Å². The lowest BCUT2D eigenvalue weighted by atomic mass is 9.87. The number of hydrogen-bond acceptors (Lipinski definition) is 4. The molecule has 1 aromatic carbocycles. The molecule has 8 heteroatoms. The number of H-pyrrole nitrogens is 1. The molecule has 0 aliphatic heterocycles. The lowest BCUT2D eigenvalue weighted by Crippen LogP contribution is -2.26. The van der Waals surface area contributed by atoms with Gasteiger partial charge in [0.2, 0.25) is 5.88 Å². The molecule has 0 atom stereocenters. The third-order valence-corrected chi connectivity index (χ3v) is 5.27. The van der Waals surface area contributed by atoms with Gasteiger partial charge in [-0.3, -0.25) is 4.79 Å². The number of aromatic amines is 1. The maximum absolute atomic E-state index is 13.8. The van der Waals surface area contributed by atoms with E-state index in [4.69, 9.17) is 4.74 Å². The Labute approximate surface area is 166 Å². The zero-order valence-electron chi connectivity index (χ0n) is 15.9. The van der Waals surface area contributed by atoms with Gasteiger partial charge < -0.3 is 15.0 Å². The average molecular weight is 400 g/mol. The Morgan fingerprint density at radius 2 is 2.07 bits per heavy atom. The first-order valence-corrected chi connectivity index (χ1v) is 9.85. The molecule has 1 aliphatic rings. The fourth-order valence-corrected chi connectivity index (χ4v) is 3.73. The first-order valence-electron chi connectivity index (χ1n) is 9.85. The van der Waals surface area contributed by atoms with Crippen molar-refractivity contribution in [1.29, 1.82) is 0 Å². The molecule has 1 fully saturated rings. The standard InChI is InChI=1S/C21H22F2N4O2/c22-14-6-7-17(16(23)10-14)29-18-12-26-20-19(27-18)15(11-25-20)21(28)24-9-8-13-4-2-1-3-5-13/h6-7,10-13H,1-5,8-9H2,(H,24,28)(H,25,26). The Kier molecular flexibility index (Phi) is 5.69. The first-order chi connectivity index (χ1) is 14.1. The molecule has 1 amide bonds. The second-order valence-corrected chi connectivity index (χ2v) is 7.33. The van der Waals surface area contributed by atoms with Crippen molar-refractivity contribution < 1.29 is 18.3 Å². The molecule has 0 bridgehead atoms. The summed E-state index contributed by atoms with van der Waals surface area (Å²) in [5.74, 6) is -1.27. The topological polar surface area (TPSA) is 79.9 Å². The average Bonchev–Trinajstić information content (AvgIpc) is 3.14. The van der Waals surface area contributed by atoms with Gasteiger partial charge in [-0.25, -0.2) is 18.7 Å². The van der Waals surface area contributed by atoms with E-state index >= 15 is 0 Å². The SMILES string of the molecule is O=C(NCCC1CCCCC1)c1c[nH]c2ncc(Oc3ccc(F)cc3F)nc12. The number of nitrogens with zero attached hydrogens (tertiary/aromatic N) is 2. The van der Waals surface area contributed by atoms with Gasteiger partial charge in [-0.1, -0.05) is 32.1 Å². The van der Waals surface area contributed by atoms with Crippen molar-refractivity contribution in [1.82, 2.24) is 20.3 Å². The summed E-state index contributed by atoms with van der Waals surface area (Å²) < 4.78 is 32.2. The van der Waals surface area contributed by atoms with E-state index in [1.54, 1.807) is 6.20 Å². The van der Waals surface area contributed by atoms with E-state index in [1.807, 2.05) is 0 Å². The van der Waals surface area contributed by atoms with Crippen molar-refractivity contribution in [2.75, 3.05) is 6.54 Å². The number of benzene rings is 1. The van der Waals surface area contributed by atoms with Gasteiger partial charge in [0.15, 0.2) is 17.2 Å². The van der Waals surface area contributed by atoms with E-state index in [0.717, 1.165) is 18.6 Å². The molecule has 2 N–H and O–H groups in total. The minimum absolute atomic E-state index is 0.0128. The fraction of sp³-hybridized carbons (Fsp3) is 0.381. The van der Waals surface area contributed by atoms with E-state index in [0.29, 0.717) is 29.2 Å². The van der Waals surface area contributed by atoms with Crippen LogP contribution in [0.2, 0.25) is 0 Å². The van der Waals surface area contributed by atoms with Crippen LogP contribution < -0.4 is 10.1 Å². The molecule has 0 spiro atoms. The van der Waals surface area contributed by atoms with Crippen LogP contribution in [0.25, 0.3) is 11.2 Å². The maximum atomic E-state index is 13.8. The summed E-state index contributed by atoms with van der Waals surface area (Å²) in [7, 11) is 0. The van der Waals surface area contributed by atoms with Gasteiger partial charge in [0, 0.05) is 18.8 Å². The summed E-state index contributed by atoms with van der Waals surface area (Å²) in [4.78, 5) is 23.9. The van der Waals surface area contributed by atoms with Crippen LogP contribution in [-0.4, -0.2) is 27.4 Å². The molecule has 1 aliphatic carbocycles. The van der Waals surface area contributed by atoms with Gasteiger partial charge in [0.1, 0.15) is 11.3 Å². The van der Waals surface area contributed by atoms with Gasteiger partial charge in [0.05, 0.1) is 11.8 Å². The van der Waals surface area contributed by atoms with E-state index < -0.39 is 11.6 Å². The van der Waals surface area contributed by atoms with Crippen LogP contribution in [0, 0.1) is 17.6 Å². The summed E-state index contributed by atoms with van der Waals surface area (Å²) in [5.41, 5.74) is 1.11. The van der Waals surface area contributed by atoms with Crippen LogP contribution in [0.1, 0.15) is 48.9 Å². The number of halogens is 2. The summed E-state index contributed by atoms with van der Waals surface area (Å²) in [6.45, 7) is 0.612. The molecule has 0 saturated heterocycles. The number of hydrogen-bond donors (Lipinski definition) is 2. The van der Waals surface area contributed by atoms with E-state index in [1.165, 1.54) is 44.4 Å². The van der Waals surface area contributed by atoms with Gasteiger partial charge in [-0.2, -0.15) is 0 Å². The largest absolute Gasteiger partial charge is 0.434 e. The second-order valence-electron chi connectivity index (χ2n) is 7.33. The van der Waals surface area contributed by atoms with Crippen LogP contribution in [0.4, 0.5) is 8.78 Å². The van der Waals surface area contributed by atoms with E-state index in [2.05, 4.69) is 20.3 Å². The number of aromatic nitrogens is 3. The number of fused-ring (bicyclic) bond motifs is 1. The lowest BCUT2D eigenvalue weighted by molar-refractivity contribution is 0.0952. The molecule has 0 unspecified atom stereocenters. The zero-order chi connectivity index (χ0) is 20.2. The highest BCUT2D eigenvalue weighted by molar-refractivity contribution is 6.04. The highest BCUT2D eigenvalue weighted by Crippen LogP contribution is 2.27. The Morgan fingerprint density at radius 1 is 1.24 bits per heavy atom. The van der Waals surface area contributed by atoms with Crippen molar-refractivity contribution in [2.45, 2.75) is 38.5 Å². The van der Waals surface area contributed by atoms with Gasteiger partial charge in [-0.05, 0) is 24.5 Å². The molecule has 1 saturated carbocycles. The van der Waals surface area contributed by atoms with Crippen molar-refractivity contribution in [3.05, 3.63) is 47.8 Å². The van der Waals surface area contributed by atoms with Crippen molar-refractivity contribution in [2.24, 2.45) is 5.92 Å². The Balaban J connectivity index is 1.45. The van der Waals surface area contributed by atoms with Crippen molar-refractivity contribution >= 4 is 17.1 Å². The molecule has 6 nitrogen and oxygen atoms in total. The molecule has 3 aromatic rings. The quantitative estimate of drug-likeness (QED) is 0.627. The highest BCUT2D eigenvalue weighted by Gasteiger charge is 2.17. The molecule has 2 aromatic heterocycles. The van der Waals surface area contributed by atoms with Gasteiger partial charge in [-0.15, -0.1) is 0 Å². The lowest BCUT2D eigenvalue weighted by Gasteiger charge is -2.21. The van der Waals surface area contributed by atoms with Crippen molar-refractivity contribution in [3.63, 3.8) is 0 Å². The molecule has 2 heterocycles. The Hall–Kier alpha value is -3.03.